The highest BCUT2D eigenvalue weighted by molar-refractivity contribution is 7.90. The van der Waals surface area contributed by atoms with Crippen molar-refractivity contribution in [2.45, 2.75) is 29.9 Å². The first-order chi connectivity index (χ1) is 12.5. The molecule has 27 heavy (non-hydrogen) atoms. The van der Waals surface area contributed by atoms with Crippen LogP contribution in [0.25, 0.3) is 11.3 Å². The molecule has 0 N–H and O–H groups in total. The number of hydrogen-bond donors (Lipinski definition) is 0. The maximum atomic E-state index is 13.4. The van der Waals surface area contributed by atoms with Crippen molar-refractivity contribution < 1.29 is 30.7 Å². The van der Waals surface area contributed by atoms with Crippen LogP contribution in [0.5, 0.6) is 5.75 Å². The number of alkyl halides is 4. The van der Waals surface area contributed by atoms with Crippen LogP contribution in [0.15, 0.2) is 28.5 Å². The lowest BCUT2D eigenvalue weighted by atomic mass is 10.2. The third-order valence-electron chi connectivity index (χ3n) is 3.67. The van der Waals surface area contributed by atoms with Gasteiger partial charge in [-0.05, 0) is 11.2 Å². The highest BCUT2D eigenvalue weighted by Gasteiger charge is 2.59. The Bertz CT molecular complexity index is 1020. The van der Waals surface area contributed by atoms with Crippen LogP contribution in [-0.2, 0) is 9.84 Å². The Morgan fingerprint density at radius 1 is 1.30 bits per heavy atom. The van der Waals surface area contributed by atoms with E-state index in [9.17, 15) is 30.9 Å². The second-order valence-electron chi connectivity index (χ2n) is 5.76. The molecular formula is C14H10F4N4O4S. The summed E-state index contributed by atoms with van der Waals surface area (Å²) in [5.41, 5.74) is -0.206. The third-order valence-corrected chi connectivity index (χ3v) is 4.64. The summed E-state index contributed by atoms with van der Waals surface area (Å²) >= 11 is 0. The summed E-state index contributed by atoms with van der Waals surface area (Å²) < 4.78 is 79.4. The predicted molar refractivity (Wildman–Crippen MR) is 82.8 cm³/mol. The van der Waals surface area contributed by atoms with Crippen LogP contribution in [-0.4, -0.2) is 42.2 Å². The smallest absolute Gasteiger partial charge is 0.387 e. The lowest BCUT2D eigenvalue weighted by Gasteiger charge is -2.10. The van der Waals surface area contributed by atoms with Gasteiger partial charge in [0.25, 0.3) is 5.92 Å². The molecule has 0 bridgehead atoms. The van der Waals surface area contributed by atoms with Gasteiger partial charge in [-0.15, -0.1) is 4.91 Å². The average molecular weight is 406 g/mol. The Hall–Kier alpha value is -2.70. The average Bonchev–Trinajstić information content (AvgIpc) is 3.21. The summed E-state index contributed by atoms with van der Waals surface area (Å²) in [6, 6.07) is 1.91. The Labute approximate surface area is 149 Å². The SMILES string of the molecule is CS(=O)(=O)c1cc(-c2cnc(N=O)c(OC(F)F)c2)nc(C2CC2(F)F)n1. The van der Waals surface area contributed by atoms with Gasteiger partial charge in [0.15, 0.2) is 20.6 Å². The molecule has 1 saturated carbocycles. The van der Waals surface area contributed by atoms with Gasteiger partial charge in [0, 0.05) is 30.5 Å². The molecule has 0 spiro atoms. The molecule has 2 aromatic rings. The largest absolute Gasteiger partial charge is 0.431 e. The minimum atomic E-state index is -3.88. The van der Waals surface area contributed by atoms with Crippen LogP contribution in [0.3, 0.4) is 0 Å². The fourth-order valence-electron chi connectivity index (χ4n) is 2.26. The summed E-state index contributed by atoms with van der Waals surface area (Å²) in [6.07, 6.45) is 1.29. The van der Waals surface area contributed by atoms with Gasteiger partial charge in [-0.3, -0.25) is 0 Å². The zero-order chi connectivity index (χ0) is 20.0. The normalized spacial score (nSPS) is 18.4. The van der Waals surface area contributed by atoms with Crippen LogP contribution in [0.2, 0.25) is 0 Å². The molecule has 1 aliphatic rings. The molecule has 0 aliphatic heterocycles. The second-order valence-corrected chi connectivity index (χ2v) is 7.72. The topological polar surface area (TPSA) is 111 Å². The number of hydrogen-bond acceptors (Lipinski definition) is 8. The molecule has 0 radical (unpaired) electrons. The number of rotatable bonds is 6. The summed E-state index contributed by atoms with van der Waals surface area (Å²) in [6.45, 7) is -3.28. The number of nitroso groups, excluding NO2 is 1. The Morgan fingerprint density at radius 2 is 1.96 bits per heavy atom. The third kappa shape index (κ3) is 4.02. The van der Waals surface area contributed by atoms with E-state index in [2.05, 4.69) is 24.9 Å². The maximum absolute atomic E-state index is 13.4. The summed E-state index contributed by atoms with van der Waals surface area (Å²) in [4.78, 5) is 21.8. The molecule has 0 saturated heterocycles. The number of halogens is 4. The van der Waals surface area contributed by atoms with Gasteiger partial charge in [0.05, 0.1) is 11.6 Å². The molecule has 2 heterocycles. The predicted octanol–water partition coefficient (Wildman–Crippen LogP) is 3.06. The fourth-order valence-corrected chi connectivity index (χ4v) is 2.84. The molecule has 13 heteroatoms. The molecule has 3 rings (SSSR count). The Morgan fingerprint density at radius 3 is 2.48 bits per heavy atom. The van der Waals surface area contributed by atoms with Gasteiger partial charge in [-0.25, -0.2) is 32.2 Å². The molecule has 1 fully saturated rings. The van der Waals surface area contributed by atoms with E-state index in [0.29, 0.717) is 0 Å². The number of aromatic nitrogens is 3. The summed E-state index contributed by atoms with van der Waals surface area (Å²) in [7, 11) is -3.88. The first kappa shape index (κ1) is 19.1. The van der Waals surface area contributed by atoms with Crippen molar-refractivity contribution in [1.29, 1.82) is 0 Å². The van der Waals surface area contributed by atoms with Gasteiger partial charge in [0.1, 0.15) is 5.82 Å². The number of nitrogens with zero attached hydrogens (tertiary/aromatic N) is 4. The van der Waals surface area contributed by atoms with Crippen LogP contribution < -0.4 is 4.74 Å². The van der Waals surface area contributed by atoms with E-state index in [4.69, 9.17) is 0 Å². The van der Waals surface area contributed by atoms with Gasteiger partial charge < -0.3 is 4.74 Å². The van der Waals surface area contributed by atoms with Crippen molar-refractivity contribution in [1.82, 2.24) is 15.0 Å². The minimum Gasteiger partial charge on any atom is -0.431 e. The Kier molecular flexibility index (Phi) is 4.57. The minimum absolute atomic E-state index is 0.0458. The van der Waals surface area contributed by atoms with Crippen LogP contribution in [0.4, 0.5) is 23.4 Å². The lowest BCUT2D eigenvalue weighted by molar-refractivity contribution is -0.0496. The van der Waals surface area contributed by atoms with Crippen LogP contribution in [0, 0.1) is 4.91 Å². The summed E-state index contributed by atoms with van der Waals surface area (Å²) in [5.74, 6) is -6.13. The zero-order valence-electron chi connectivity index (χ0n) is 13.4. The summed E-state index contributed by atoms with van der Waals surface area (Å²) in [5, 5.41) is 1.93. The monoisotopic (exact) mass is 406 g/mol. The zero-order valence-corrected chi connectivity index (χ0v) is 14.3. The van der Waals surface area contributed by atoms with E-state index in [1.54, 1.807) is 0 Å². The van der Waals surface area contributed by atoms with Gasteiger partial charge in [-0.1, -0.05) is 0 Å². The van der Waals surface area contributed by atoms with Crippen LogP contribution in [0.1, 0.15) is 18.2 Å². The van der Waals surface area contributed by atoms with Gasteiger partial charge >= 0.3 is 6.61 Å². The van der Waals surface area contributed by atoms with E-state index < -0.39 is 57.1 Å². The molecule has 1 aliphatic carbocycles. The fraction of sp³-hybridized carbons (Fsp3) is 0.357. The van der Waals surface area contributed by atoms with E-state index >= 15 is 0 Å². The molecular weight excluding hydrogens is 396 g/mol. The van der Waals surface area contributed by atoms with Crippen molar-refractivity contribution in [2.75, 3.05) is 6.26 Å². The second kappa shape index (κ2) is 6.48. The highest BCUT2D eigenvalue weighted by Crippen LogP contribution is 2.54. The van der Waals surface area contributed by atoms with Crippen LogP contribution >= 0.6 is 0 Å². The van der Waals surface area contributed by atoms with Crippen molar-refractivity contribution in [3.05, 3.63) is 29.1 Å². The van der Waals surface area contributed by atoms with E-state index in [1.165, 1.54) is 0 Å². The standard InChI is InChI=1S/C14H10F4N4O4S/c1-27(24,25)10-3-8(20-11(21-10)7-4-14(7,17)18)6-2-9(26-13(15)16)12(22-23)19-5-6/h2-3,5,7,13H,4H2,1H3. The van der Waals surface area contributed by atoms with Gasteiger partial charge in [-0.2, -0.15) is 8.78 Å². The van der Waals surface area contributed by atoms with Crippen molar-refractivity contribution in [3.8, 4) is 17.0 Å². The molecule has 1 atom stereocenters. The van der Waals surface area contributed by atoms with Crippen molar-refractivity contribution in [3.63, 3.8) is 0 Å². The molecule has 1 unspecified atom stereocenters. The number of pyridine rings is 1. The van der Waals surface area contributed by atoms with Crippen molar-refractivity contribution >= 4 is 15.7 Å². The van der Waals surface area contributed by atoms with E-state index in [0.717, 1.165) is 24.6 Å². The highest BCUT2D eigenvalue weighted by atomic mass is 32.2. The molecule has 8 nitrogen and oxygen atoms in total. The maximum Gasteiger partial charge on any atom is 0.387 e. The molecule has 2 aromatic heterocycles. The molecule has 0 amide bonds. The van der Waals surface area contributed by atoms with Gasteiger partial charge in [0.2, 0.25) is 5.82 Å². The number of ether oxygens (including phenoxy) is 1. The Balaban J connectivity index is 2.13. The lowest BCUT2D eigenvalue weighted by Crippen LogP contribution is -2.08. The van der Waals surface area contributed by atoms with E-state index in [-0.39, 0.29) is 11.3 Å². The first-order valence-electron chi connectivity index (χ1n) is 7.26. The van der Waals surface area contributed by atoms with Crippen molar-refractivity contribution in [2.24, 2.45) is 5.18 Å². The van der Waals surface area contributed by atoms with E-state index in [1.807, 2.05) is 0 Å². The molecule has 144 valence electrons. The molecule has 0 aromatic carbocycles. The first-order valence-corrected chi connectivity index (χ1v) is 9.16. The quantitative estimate of drug-likeness (QED) is 0.412. The number of sulfone groups is 1.